The monoisotopic (exact) mass is 321 g/mol. The number of esters is 1. The van der Waals surface area contributed by atoms with Crippen LogP contribution in [-0.2, 0) is 9.39 Å². The first-order chi connectivity index (χ1) is 10.6. The van der Waals surface area contributed by atoms with E-state index in [-0.39, 0.29) is 0 Å². The molecule has 0 heterocycles. The Morgan fingerprint density at radius 2 is 1.87 bits per heavy atom. The molecule has 0 aliphatic carbocycles. The molecule has 1 aromatic rings. The number of methoxy groups -OCH3 is 1. The lowest BCUT2D eigenvalue weighted by Crippen LogP contribution is -2.49. The number of rotatable bonds is 8. The molecule has 1 aromatic carbocycles. The average molecular weight is 321 g/mol. The number of carbonyl (C=O) groups excluding carboxylic acids is 1. The summed E-state index contributed by atoms with van der Waals surface area (Å²) in [6, 6.07) is 5.08. The molecular weight excluding hydrogens is 295 g/mol. The van der Waals surface area contributed by atoms with Crippen LogP contribution in [0.1, 0.15) is 51.4 Å². The van der Waals surface area contributed by atoms with Crippen LogP contribution in [0.5, 0.6) is 5.75 Å². The second kappa shape index (κ2) is 7.84. The zero-order valence-electron chi connectivity index (χ0n) is 14.8. The normalized spacial score (nSPS) is 12.0. The molecule has 6 heteroatoms. The number of carbonyl (C=O) groups is 1. The predicted molar refractivity (Wildman–Crippen MR) is 90.4 cm³/mol. The molecule has 5 nitrogen and oxygen atoms in total. The molecule has 127 valence electrons. The highest BCUT2D eigenvalue weighted by atomic mass is 16.5. The van der Waals surface area contributed by atoms with Gasteiger partial charge in [-0.15, -0.1) is 0 Å². The van der Waals surface area contributed by atoms with Gasteiger partial charge >= 0.3 is 13.5 Å². The van der Waals surface area contributed by atoms with Crippen LogP contribution in [0.2, 0.25) is 0 Å². The van der Waals surface area contributed by atoms with Crippen molar-refractivity contribution >= 4 is 18.9 Å². The van der Waals surface area contributed by atoms with Crippen LogP contribution >= 0.6 is 0 Å². The van der Waals surface area contributed by atoms with Crippen LogP contribution in [0.4, 0.5) is 0 Å². The van der Waals surface area contributed by atoms with Crippen molar-refractivity contribution in [3.05, 3.63) is 23.8 Å². The number of benzene rings is 1. The molecule has 0 spiro atoms. The molecule has 0 aromatic heterocycles. The van der Waals surface area contributed by atoms with Gasteiger partial charge in [-0.2, -0.15) is 0 Å². The standard InChI is InChI=1S/C17H26BO5/c1-7-8-22-14-10-12(15(19)21-6)9-13(11-14)18-23-17(4,5)16(2,3)20/h9-11,20H,7-8H2,1-6H3. The minimum absolute atomic E-state index is 0.386. The van der Waals surface area contributed by atoms with Gasteiger partial charge in [0, 0.05) is 0 Å². The van der Waals surface area contributed by atoms with Crippen LogP contribution in [0.15, 0.2) is 18.2 Å². The molecule has 0 atom stereocenters. The molecular formula is C17H26BO5. The molecule has 0 fully saturated rings. The predicted octanol–water partition coefficient (Wildman–Crippen LogP) is 2.07. The summed E-state index contributed by atoms with van der Waals surface area (Å²) in [5.74, 6) is 0.133. The fraction of sp³-hybridized carbons (Fsp3) is 0.588. The Morgan fingerprint density at radius 1 is 1.22 bits per heavy atom. The van der Waals surface area contributed by atoms with Gasteiger partial charge in [-0.3, -0.25) is 0 Å². The van der Waals surface area contributed by atoms with Gasteiger partial charge in [-0.1, -0.05) is 13.0 Å². The maximum atomic E-state index is 11.8. The lowest BCUT2D eigenvalue weighted by atomic mass is 9.82. The highest BCUT2D eigenvalue weighted by Gasteiger charge is 2.35. The van der Waals surface area contributed by atoms with Gasteiger partial charge in [0.1, 0.15) is 5.75 Å². The maximum absolute atomic E-state index is 11.8. The van der Waals surface area contributed by atoms with E-state index in [2.05, 4.69) is 0 Å². The van der Waals surface area contributed by atoms with Crippen LogP contribution in [0, 0.1) is 0 Å². The molecule has 0 saturated carbocycles. The van der Waals surface area contributed by atoms with E-state index in [0.717, 1.165) is 6.42 Å². The first-order valence-corrected chi connectivity index (χ1v) is 7.70. The summed E-state index contributed by atoms with van der Waals surface area (Å²) >= 11 is 0. The summed E-state index contributed by atoms with van der Waals surface area (Å²) in [6.45, 7) is 9.51. The first-order valence-electron chi connectivity index (χ1n) is 7.70. The number of ether oxygens (including phenoxy) is 2. The molecule has 1 radical (unpaired) electrons. The zero-order chi connectivity index (χ0) is 17.7. The van der Waals surface area contributed by atoms with Gasteiger partial charge in [0.05, 0.1) is 30.5 Å². The Morgan fingerprint density at radius 3 is 2.39 bits per heavy atom. The fourth-order valence-electron chi connectivity index (χ4n) is 1.59. The highest BCUT2D eigenvalue weighted by Crippen LogP contribution is 2.24. The van der Waals surface area contributed by atoms with Gasteiger partial charge in [0.2, 0.25) is 0 Å². The third-order valence-corrected chi connectivity index (χ3v) is 3.79. The van der Waals surface area contributed by atoms with Crippen molar-refractivity contribution < 1.29 is 24.0 Å². The molecule has 0 aliphatic heterocycles. The van der Waals surface area contributed by atoms with Crippen LogP contribution < -0.4 is 10.2 Å². The van der Waals surface area contributed by atoms with E-state index >= 15 is 0 Å². The lowest BCUT2D eigenvalue weighted by Gasteiger charge is -2.37. The Hall–Kier alpha value is -1.53. The summed E-state index contributed by atoms with van der Waals surface area (Å²) in [7, 11) is 2.85. The van der Waals surface area contributed by atoms with Gasteiger partial charge in [-0.25, -0.2) is 4.79 Å². The van der Waals surface area contributed by atoms with Gasteiger partial charge in [0.15, 0.2) is 0 Å². The average Bonchev–Trinajstić information content (AvgIpc) is 2.49. The second-order valence-electron chi connectivity index (χ2n) is 6.44. The Labute approximate surface area is 139 Å². The summed E-state index contributed by atoms with van der Waals surface area (Å²) in [4.78, 5) is 11.8. The van der Waals surface area contributed by atoms with Crippen molar-refractivity contribution in [2.75, 3.05) is 13.7 Å². The Kier molecular flexibility index (Phi) is 6.65. The minimum Gasteiger partial charge on any atom is -0.494 e. The van der Waals surface area contributed by atoms with Crippen molar-refractivity contribution in [2.24, 2.45) is 0 Å². The van der Waals surface area contributed by atoms with Crippen LogP contribution in [0.3, 0.4) is 0 Å². The molecule has 0 saturated heterocycles. The third kappa shape index (κ3) is 5.55. The number of hydrogen-bond donors (Lipinski definition) is 1. The second-order valence-corrected chi connectivity index (χ2v) is 6.44. The van der Waals surface area contributed by atoms with E-state index in [0.29, 0.717) is 23.4 Å². The van der Waals surface area contributed by atoms with Gasteiger partial charge < -0.3 is 19.2 Å². The van der Waals surface area contributed by atoms with Crippen molar-refractivity contribution in [2.45, 2.75) is 52.2 Å². The molecule has 0 aliphatic rings. The third-order valence-electron chi connectivity index (χ3n) is 3.79. The quantitative estimate of drug-likeness (QED) is 0.586. The van der Waals surface area contributed by atoms with E-state index in [4.69, 9.17) is 14.1 Å². The lowest BCUT2D eigenvalue weighted by molar-refractivity contribution is -0.0893. The maximum Gasteiger partial charge on any atom is 0.337 e. The summed E-state index contributed by atoms with van der Waals surface area (Å²) < 4.78 is 16.1. The van der Waals surface area contributed by atoms with Crippen molar-refractivity contribution in [1.29, 1.82) is 0 Å². The number of hydrogen-bond acceptors (Lipinski definition) is 5. The molecule has 0 bridgehead atoms. The fourth-order valence-corrected chi connectivity index (χ4v) is 1.59. The molecule has 0 unspecified atom stereocenters. The number of aliphatic hydroxyl groups is 1. The van der Waals surface area contributed by atoms with Gasteiger partial charge in [0.25, 0.3) is 0 Å². The largest absolute Gasteiger partial charge is 0.494 e. The molecule has 0 amide bonds. The molecule has 1 rings (SSSR count). The highest BCUT2D eigenvalue weighted by molar-refractivity contribution is 6.47. The van der Waals surface area contributed by atoms with Crippen molar-refractivity contribution in [3.8, 4) is 5.75 Å². The van der Waals surface area contributed by atoms with Gasteiger partial charge in [-0.05, 0) is 51.7 Å². The summed E-state index contributed by atoms with van der Waals surface area (Å²) in [6.07, 6.45) is 0.865. The summed E-state index contributed by atoms with van der Waals surface area (Å²) in [5, 5.41) is 10.1. The van der Waals surface area contributed by atoms with Crippen LogP contribution in [-0.4, -0.2) is 43.5 Å². The van der Waals surface area contributed by atoms with E-state index < -0.39 is 17.2 Å². The Bertz CT molecular complexity index is 534. The minimum atomic E-state index is -1.02. The Balaban J connectivity index is 2.98. The van der Waals surface area contributed by atoms with E-state index in [1.807, 2.05) is 6.92 Å². The zero-order valence-corrected chi connectivity index (χ0v) is 14.8. The first kappa shape index (κ1) is 19.5. The van der Waals surface area contributed by atoms with E-state index in [9.17, 15) is 9.90 Å². The topological polar surface area (TPSA) is 65.0 Å². The van der Waals surface area contributed by atoms with E-state index in [1.54, 1.807) is 45.9 Å². The van der Waals surface area contributed by atoms with E-state index in [1.165, 1.54) is 14.6 Å². The smallest absolute Gasteiger partial charge is 0.337 e. The SMILES string of the molecule is CCCOc1cc([B]OC(C)(C)C(C)(C)O)cc(C(=O)OC)c1. The van der Waals surface area contributed by atoms with Crippen molar-refractivity contribution in [3.63, 3.8) is 0 Å². The van der Waals surface area contributed by atoms with Crippen molar-refractivity contribution in [1.82, 2.24) is 0 Å². The molecule has 1 N–H and O–H groups in total. The molecule has 23 heavy (non-hydrogen) atoms. The summed E-state index contributed by atoms with van der Waals surface area (Å²) in [5.41, 5.74) is -0.766. The van der Waals surface area contributed by atoms with Crippen LogP contribution in [0.25, 0.3) is 0 Å².